The first-order chi connectivity index (χ1) is 15.4. The SMILES string of the molecule is COc1ccc(N2C(=O)C(=O)/C(=C(/O)c3ccc([N+](=O)[O-])cc3)[C@H]2c2ccccc2)cc1. The lowest BCUT2D eigenvalue weighted by Gasteiger charge is -2.25. The predicted molar refractivity (Wildman–Crippen MR) is 117 cm³/mol. The van der Waals surface area contributed by atoms with Crippen molar-refractivity contribution in [1.29, 1.82) is 0 Å². The maximum atomic E-state index is 13.0. The van der Waals surface area contributed by atoms with E-state index in [2.05, 4.69) is 0 Å². The zero-order valence-corrected chi connectivity index (χ0v) is 17.0. The van der Waals surface area contributed by atoms with Gasteiger partial charge in [0, 0.05) is 23.4 Å². The van der Waals surface area contributed by atoms with E-state index in [9.17, 15) is 24.8 Å². The number of ether oxygens (including phenoxy) is 1. The molecule has 0 radical (unpaired) electrons. The van der Waals surface area contributed by atoms with Crippen molar-refractivity contribution >= 4 is 28.8 Å². The maximum Gasteiger partial charge on any atom is 0.300 e. The number of hydrogen-bond acceptors (Lipinski definition) is 6. The molecule has 4 rings (SSSR count). The fourth-order valence-corrected chi connectivity index (χ4v) is 3.69. The molecule has 0 aromatic heterocycles. The van der Waals surface area contributed by atoms with Gasteiger partial charge in [0.15, 0.2) is 0 Å². The summed E-state index contributed by atoms with van der Waals surface area (Å²) in [5.74, 6) is -1.44. The van der Waals surface area contributed by atoms with Crippen molar-refractivity contribution in [1.82, 2.24) is 0 Å². The van der Waals surface area contributed by atoms with E-state index in [0.717, 1.165) is 0 Å². The van der Waals surface area contributed by atoms with Gasteiger partial charge in [-0.05, 0) is 42.0 Å². The molecule has 0 aliphatic carbocycles. The maximum absolute atomic E-state index is 13.0. The van der Waals surface area contributed by atoms with Crippen molar-refractivity contribution in [3.05, 3.63) is 106 Å². The van der Waals surface area contributed by atoms with Gasteiger partial charge < -0.3 is 9.84 Å². The highest BCUT2D eigenvalue weighted by atomic mass is 16.6. The molecule has 8 heteroatoms. The van der Waals surface area contributed by atoms with Crippen LogP contribution in [0.5, 0.6) is 5.75 Å². The molecule has 160 valence electrons. The molecule has 3 aromatic rings. The number of non-ortho nitro benzene ring substituents is 1. The molecule has 1 aliphatic heterocycles. The summed E-state index contributed by atoms with van der Waals surface area (Å²) >= 11 is 0. The number of Topliss-reactive ketones (excluding diaryl/α,β-unsaturated/α-hetero) is 1. The molecule has 1 amide bonds. The molecule has 1 heterocycles. The first kappa shape index (κ1) is 20.8. The summed E-state index contributed by atoms with van der Waals surface area (Å²) in [5.41, 5.74) is 1.05. The van der Waals surface area contributed by atoms with Gasteiger partial charge in [-0.2, -0.15) is 0 Å². The molecule has 0 bridgehead atoms. The molecule has 1 atom stereocenters. The van der Waals surface area contributed by atoms with Crippen LogP contribution in [0.4, 0.5) is 11.4 Å². The number of aliphatic hydroxyl groups excluding tert-OH is 1. The minimum atomic E-state index is -0.875. The van der Waals surface area contributed by atoms with E-state index >= 15 is 0 Å². The highest BCUT2D eigenvalue weighted by Gasteiger charge is 2.46. The van der Waals surface area contributed by atoms with Crippen LogP contribution in [0.2, 0.25) is 0 Å². The highest BCUT2D eigenvalue weighted by Crippen LogP contribution is 2.42. The number of methoxy groups -OCH3 is 1. The number of aliphatic hydroxyl groups is 1. The van der Waals surface area contributed by atoms with E-state index in [-0.39, 0.29) is 16.8 Å². The Morgan fingerprint density at radius 1 is 0.969 bits per heavy atom. The number of anilines is 1. The minimum absolute atomic E-state index is 0.0918. The van der Waals surface area contributed by atoms with Crippen molar-refractivity contribution in [2.75, 3.05) is 12.0 Å². The number of ketones is 1. The molecule has 0 spiro atoms. The summed E-state index contributed by atoms with van der Waals surface area (Å²) in [6, 6.07) is 19.8. The molecule has 0 saturated carbocycles. The smallest absolute Gasteiger partial charge is 0.300 e. The second kappa shape index (κ2) is 8.35. The Bertz CT molecular complexity index is 1220. The van der Waals surface area contributed by atoms with Crippen molar-refractivity contribution in [2.24, 2.45) is 0 Å². The van der Waals surface area contributed by atoms with Gasteiger partial charge in [0.2, 0.25) is 0 Å². The second-order valence-corrected chi connectivity index (χ2v) is 7.08. The highest BCUT2D eigenvalue weighted by molar-refractivity contribution is 6.51. The second-order valence-electron chi connectivity index (χ2n) is 7.08. The Balaban J connectivity index is 1.88. The van der Waals surface area contributed by atoms with E-state index in [1.54, 1.807) is 54.6 Å². The van der Waals surface area contributed by atoms with E-state index in [4.69, 9.17) is 4.74 Å². The molecule has 32 heavy (non-hydrogen) atoms. The average Bonchev–Trinajstić information content (AvgIpc) is 3.09. The van der Waals surface area contributed by atoms with Gasteiger partial charge in [0.1, 0.15) is 11.5 Å². The van der Waals surface area contributed by atoms with Crippen LogP contribution >= 0.6 is 0 Å². The third-order valence-electron chi connectivity index (χ3n) is 5.26. The van der Waals surface area contributed by atoms with Crippen LogP contribution in [0.3, 0.4) is 0 Å². The van der Waals surface area contributed by atoms with E-state index < -0.39 is 28.4 Å². The van der Waals surface area contributed by atoms with Crippen LogP contribution in [0.25, 0.3) is 5.76 Å². The Morgan fingerprint density at radius 2 is 1.59 bits per heavy atom. The number of rotatable bonds is 5. The lowest BCUT2D eigenvalue weighted by Crippen LogP contribution is -2.29. The van der Waals surface area contributed by atoms with E-state index in [0.29, 0.717) is 17.0 Å². The van der Waals surface area contributed by atoms with Gasteiger partial charge in [0.05, 0.1) is 23.6 Å². The van der Waals surface area contributed by atoms with Gasteiger partial charge in [-0.3, -0.25) is 24.6 Å². The number of nitrogens with zero attached hydrogens (tertiary/aromatic N) is 2. The first-order valence-corrected chi connectivity index (χ1v) is 9.67. The molecule has 1 aliphatic rings. The summed E-state index contributed by atoms with van der Waals surface area (Å²) in [6.07, 6.45) is 0. The third-order valence-corrected chi connectivity index (χ3v) is 5.26. The van der Waals surface area contributed by atoms with Crippen molar-refractivity contribution in [2.45, 2.75) is 6.04 Å². The minimum Gasteiger partial charge on any atom is -0.507 e. The number of nitro benzene ring substituents is 1. The van der Waals surface area contributed by atoms with Gasteiger partial charge in [-0.15, -0.1) is 0 Å². The van der Waals surface area contributed by atoms with Gasteiger partial charge in [-0.1, -0.05) is 30.3 Å². The number of amides is 1. The number of hydrogen-bond donors (Lipinski definition) is 1. The third kappa shape index (κ3) is 3.58. The van der Waals surface area contributed by atoms with Crippen LogP contribution in [0, 0.1) is 10.1 Å². The molecule has 1 saturated heterocycles. The van der Waals surface area contributed by atoms with Crippen LogP contribution < -0.4 is 9.64 Å². The number of nitro groups is 1. The quantitative estimate of drug-likeness (QED) is 0.213. The summed E-state index contributed by atoms with van der Waals surface area (Å²) in [7, 11) is 1.52. The van der Waals surface area contributed by atoms with Gasteiger partial charge in [-0.25, -0.2) is 0 Å². The van der Waals surface area contributed by atoms with E-state index in [1.165, 1.54) is 36.3 Å². The topological polar surface area (TPSA) is 110 Å². The predicted octanol–water partition coefficient (Wildman–Crippen LogP) is 4.23. The van der Waals surface area contributed by atoms with Crippen molar-refractivity contribution < 1.29 is 24.4 Å². The monoisotopic (exact) mass is 430 g/mol. The average molecular weight is 430 g/mol. The Labute approximate surface area is 183 Å². The van der Waals surface area contributed by atoms with Crippen LogP contribution in [0.15, 0.2) is 84.4 Å². The molecule has 0 unspecified atom stereocenters. The first-order valence-electron chi connectivity index (χ1n) is 9.67. The lowest BCUT2D eigenvalue weighted by atomic mass is 9.95. The van der Waals surface area contributed by atoms with Crippen LogP contribution in [0.1, 0.15) is 17.2 Å². The summed E-state index contributed by atoms with van der Waals surface area (Å²) in [4.78, 5) is 37.8. The van der Waals surface area contributed by atoms with Crippen molar-refractivity contribution in [3.63, 3.8) is 0 Å². The Hall–Kier alpha value is -4.46. The summed E-state index contributed by atoms with van der Waals surface area (Å²) < 4.78 is 5.17. The molecule has 8 nitrogen and oxygen atoms in total. The molecule has 1 N–H and O–H groups in total. The fourth-order valence-electron chi connectivity index (χ4n) is 3.69. The van der Waals surface area contributed by atoms with Crippen LogP contribution in [-0.4, -0.2) is 28.8 Å². The molecular weight excluding hydrogens is 412 g/mol. The standard InChI is InChI=1S/C24H18N2O6/c1-32-19-13-11-17(12-14-19)25-21(15-5-3-2-4-6-15)20(23(28)24(25)29)22(27)16-7-9-18(10-8-16)26(30)31/h2-14,21,27H,1H3/b22-20+/t21-/m1/s1. The molecule has 3 aromatic carbocycles. The molecular formula is C24H18N2O6. The zero-order chi connectivity index (χ0) is 22.8. The normalized spacial score (nSPS) is 17.4. The van der Waals surface area contributed by atoms with Gasteiger partial charge >= 0.3 is 0 Å². The van der Waals surface area contributed by atoms with Gasteiger partial charge in [0.25, 0.3) is 17.4 Å². The lowest BCUT2D eigenvalue weighted by molar-refractivity contribution is -0.384. The number of carbonyl (C=O) groups excluding carboxylic acids is 2. The number of benzene rings is 3. The Morgan fingerprint density at radius 3 is 2.16 bits per heavy atom. The van der Waals surface area contributed by atoms with Crippen molar-refractivity contribution in [3.8, 4) is 5.75 Å². The zero-order valence-electron chi connectivity index (χ0n) is 17.0. The van der Waals surface area contributed by atoms with Crippen LogP contribution in [-0.2, 0) is 9.59 Å². The largest absolute Gasteiger partial charge is 0.507 e. The molecule has 1 fully saturated rings. The fraction of sp³-hybridized carbons (Fsp3) is 0.0833. The Kier molecular flexibility index (Phi) is 5.43. The van der Waals surface area contributed by atoms with E-state index in [1.807, 2.05) is 0 Å². The number of carbonyl (C=O) groups is 2. The summed E-state index contributed by atoms with van der Waals surface area (Å²) in [6.45, 7) is 0. The summed E-state index contributed by atoms with van der Waals surface area (Å²) in [5, 5.41) is 21.9.